The van der Waals surface area contributed by atoms with Crippen LogP contribution in [0.4, 0.5) is 5.69 Å². The number of nitrogens with one attached hydrogen (secondary N) is 1. The number of benzene rings is 2. The molecule has 0 aliphatic heterocycles. The summed E-state index contributed by atoms with van der Waals surface area (Å²) in [6, 6.07) is 12.9. The Kier molecular flexibility index (Phi) is 4.33. The van der Waals surface area contributed by atoms with Gasteiger partial charge in [0.05, 0.1) is 25.3 Å². The molecular weight excluding hydrogens is 366 g/mol. The molecule has 2 heterocycles. The summed E-state index contributed by atoms with van der Waals surface area (Å²) in [5.74, 6) is 1.25. The summed E-state index contributed by atoms with van der Waals surface area (Å²) in [5.41, 5.74) is 3.20. The third-order valence-corrected chi connectivity index (χ3v) is 4.82. The minimum atomic E-state index is -2.68. The van der Waals surface area contributed by atoms with Crippen molar-refractivity contribution in [2.45, 2.75) is 0 Å². The van der Waals surface area contributed by atoms with Gasteiger partial charge in [0, 0.05) is 40.6 Å². The average Bonchev–Trinajstić information content (AvgIpc) is 3.11. The van der Waals surface area contributed by atoms with E-state index >= 15 is 0 Å². The second-order valence-electron chi connectivity index (χ2n) is 5.89. The lowest BCUT2D eigenvalue weighted by molar-refractivity contribution is 0.356. The van der Waals surface area contributed by atoms with Crippen molar-refractivity contribution < 1.29 is 17.9 Å². The molecule has 0 radical (unpaired) electrons. The number of hydrogen-bond acceptors (Lipinski definition) is 5. The largest absolute Gasteiger partial charge is 0.493 e. The highest BCUT2D eigenvalue weighted by Gasteiger charge is 2.13. The van der Waals surface area contributed by atoms with Crippen LogP contribution in [0, 0.1) is 0 Å². The van der Waals surface area contributed by atoms with Gasteiger partial charge in [0.2, 0.25) is 10.9 Å². The molecule has 4 aromatic rings. The van der Waals surface area contributed by atoms with Gasteiger partial charge in [-0.25, -0.2) is 8.42 Å². The van der Waals surface area contributed by atoms with Gasteiger partial charge in [0.15, 0.2) is 11.5 Å². The molecule has 0 spiro atoms. The molecule has 2 aromatic heterocycles. The van der Waals surface area contributed by atoms with E-state index < -0.39 is 10.9 Å². The van der Waals surface area contributed by atoms with E-state index in [1.54, 1.807) is 26.4 Å². The van der Waals surface area contributed by atoms with E-state index in [1.807, 2.05) is 47.3 Å². The van der Waals surface area contributed by atoms with Gasteiger partial charge in [-0.05, 0) is 36.4 Å². The van der Waals surface area contributed by atoms with Crippen molar-refractivity contribution in [1.29, 1.82) is 0 Å². The molecule has 27 heavy (non-hydrogen) atoms. The van der Waals surface area contributed by atoms with Crippen molar-refractivity contribution >= 4 is 38.4 Å². The highest BCUT2D eigenvalue weighted by atomic mass is 32.2. The zero-order valence-corrected chi connectivity index (χ0v) is 15.6. The zero-order chi connectivity index (χ0) is 19.0. The van der Waals surface area contributed by atoms with E-state index in [2.05, 4.69) is 9.71 Å². The molecule has 0 aliphatic carbocycles. The molecule has 1 N–H and O–H groups in total. The summed E-state index contributed by atoms with van der Waals surface area (Å²) in [7, 11) is 0.509. The number of thiol groups is 1. The Morgan fingerprint density at radius 2 is 1.70 bits per heavy atom. The van der Waals surface area contributed by atoms with Gasteiger partial charge in [0.25, 0.3) is 0 Å². The molecule has 0 aliphatic rings. The van der Waals surface area contributed by atoms with Gasteiger partial charge < -0.3 is 14.0 Å². The van der Waals surface area contributed by atoms with Crippen LogP contribution in [0.15, 0.2) is 54.9 Å². The molecule has 0 amide bonds. The fourth-order valence-electron chi connectivity index (χ4n) is 3.16. The van der Waals surface area contributed by atoms with Crippen molar-refractivity contribution in [2.24, 2.45) is 0 Å². The van der Waals surface area contributed by atoms with Crippen LogP contribution in [0.5, 0.6) is 11.5 Å². The highest BCUT2D eigenvalue weighted by Crippen LogP contribution is 2.35. The van der Waals surface area contributed by atoms with E-state index in [0.717, 1.165) is 27.5 Å². The third kappa shape index (κ3) is 3.04. The average molecular weight is 383 g/mol. The Morgan fingerprint density at radius 1 is 1.00 bits per heavy atom. The van der Waals surface area contributed by atoms with E-state index in [9.17, 15) is 8.42 Å². The molecule has 0 fully saturated rings. The molecule has 0 saturated heterocycles. The topological polar surface area (TPSA) is 82.5 Å². The monoisotopic (exact) mass is 383 g/mol. The molecule has 2 aromatic carbocycles. The Morgan fingerprint density at radius 3 is 2.37 bits per heavy atom. The van der Waals surface area contributed by atoms with E-state index in [-0.39, 0.29) is 0 Å². The smallest absolute Gasteiger partial charge is 0.222 e. The molecule has 7 nitrogen and oxygen atoms in total. The lowest BCUT2D eigenvalue weighted by Crippen LogP contribution is -1.97. The molecule has 4 rings (SSSR count). The molecule has 8 heteroatoms. The molecule has 0 unspecified atom stereocenters. The lowest BCUT2D eigenvalue weighted by atomic mass is 10.1. The van der Waals surface area contributed by atoms with Crippen LogP contribution in [0.25, 0.3) is 27.5 Å². The summed E-state index contributed by atoms with van der Waals surface area (Å²) in [6.07, 6.45) is 3.77. The van der Waals surface area contributed by atoms with Gasteiger partial charge in [-0.2, -0.15) is 0 Å². The molecule has 0 atom stereocenters. The fraction of sp³-hybridized carbons (Fsp3) is 0.105. The lowest BCUT2D eigenvalue weighted by Gasteiger charge is -2.12. The number of aromatic nitrogens is 2. The van der Waals surface area contributed by atoms with Crippen LogP contribution >= 0.6 is 0 Å². The second-order valence-corrected chi connectivity index (χ2v) is 6.63. The third-order valence-electron chi connectivity index (χ3n) is 4.38. The highest BCUT2D eigenvalue weighted by molar-refractivity contribution is 7.73. The minimum absolute atomic E-state index is 0.518. The number of rotatable bonds is 5. The first kappa shape index (κ1) is 17.2. The van der Waals surface area contributed by atoms with Crippen molar-refractivity contribution in [3.63, 3.8) is 0 Å². The van der Waals surface area contributed by atoms with Crippen LogP contribution in [0.2, 0.25) is 0 Å². The van der Waals surface area contributed by atoms with E-state index in [4.69, 9.17) is 9.47 Å². The first-order valence-electron chi connectivity index (χ1n) is 8.14. The number of anilines is 1. The van der Waals surface area contributed by atoms with Crippen LogP contribution in [0.1, 0.15) is 0 Å². The minimum Gasteiger partial charge on any atom is -0.493 e. The van der Waals surface area contributed by atoms with Gasteiger partial charge in [-0.3, -0.25) is 9.71 Å². The van der Waals surface area contributed by atoms with Crippen LogP contribution in [-0.2, 0) is 10.9 Å². The number of pyridine rings is 1. The first-order chi connectivity index (χ1) is 13.1. The number of hydrogen-bond donors (Lipinski definition) is 2. The number of nitrogens with zero attached hydrogens (tertiary/aromatic N) is 2. The zero-order valence-electron chi connectivity index (χ0n) is 14.7. The van der Waals surface area contributed by atoms with Gasteiger partial charge >= 0.3 is 0 Å². The van der Waals surface area contributed by atoms with Gasteiger partial charge in [-0.15, -0.1) is 0 Å². The molecule has 138 valence electrons. The summed E-state index contributed by atoms with van der Waals surface area (Å²) < 4.78 is 36.8. The Balaban J connectivity index is 1.92. The van der Waals surface area contributed by atoms with Gasteiger partial charge in [-0.1, -0.05) is 0 Å². The number of ether oxygens (including phenoxy) is 2. The predicted molar refractivity (Wildman–Crippen MR) is 106 cm³/mol. The van der Waals surface area contributed by atoms with E-state index in [1.165, 1.54) is 0 Å². The Bertz CT molecular complexity index is 1210. The van der Waals surface area contributed by atoms with Crippen LogP contribution in [-0.4, -0.2) is 32.2 Å². The number of methoxy groups -OCH3 is 2. The summed E-state index contributed by atoms with van der Waals surface area (Å²) in [4.78, 5) is 4.52. The second kappa shape index (κ2) is 6.81. The van der Waals surface area contributed by atoms with Crippen molar-refractivity contribution in [1.82, 2.24) is 9.55 Å². The summed E-state index contributed by atoms with van der Waals surface area (Å²) in [6.45, 7) is 0. The standard InChI is InChI=1S/C19H17N3O4S/c1-25-17-9-15-16(10-18(17)26-2)20-11-12-7-8-22(19(12)15)14-5-3-13(4-6-14)21-27(23)24/h3-11,27H,1-2H3,(H,21,23,24). The maximum atomic E-state index is 10.8. The normalized spacial score (nSPS) is 11.2. The summed E-state index contributed by atoms with van der Waals surface area (Å²) >= 11 is 0. The fourth-order valence-corrected chi connectivity index (χ4v) is 3.52. The van der Waals surface area contributed by atoms with Crippen LogP contribution in [0.3, 0.4) is 0 Å². The summed E-state index contributed by atoms with van der Waals surface area (Å²) in [5, 5.41) is 1.92. The SMILES string of the molecule is COc1cc2ncc3ccn(-c4ccc(N[SH](=O)=O)cc4)c3c2cc1OC. The Hall–Kier alpha value is -3.26. The maximum Gasteiger partial charge on any atom is 0.222 e. The predicted octanol–water partition coefficient (Wildman–Crippen LogP) is 3.13. The van der Waals surface area contributed by atoms with Crippen molar-refractivity contribution in [3.05, 3.63) is 54.9 Å². The molecule has 0 bridgehead atoms. The van der Waals surface area contributed by atoms with Crippen molar-refractivity contribution in [3.8, 4) is 17.2 Å². The van der Waals surface area contributed by atoms with Gasteiger partial charge in [0.1, 0.15) is 0 Å². The quantitative estimate of drug-likeness (QED) is 0.518. The maximum absolute atomic E-state index is 10.8. The molecular formula is C19H17N3O4S. The van der Waals surface area contributed by atoms with Crippen molar-refractivity contribution in [2.75, 3.05) is 18.9 Å². The Labute approximate surface area is 157 Å². The molecule has 0 saturated carbocycles. The van der Waals surface area contributed by atoms with E-state index in [0.29, 0.717) is 17.2 Å². The number of fused-ring (bicyclic) bond motifs is 3. The van der Waals surface area contributed by atoms with Crippen LogP contribution < -0.4 is 14.2 Å². The first-order valence-corrected chi connectivity index (χ1v) is 9.31.